The molecule has 28 heavy (non-hydrogen) atoms. The van der Waals surface area contributed by atoms with E-state index in [1.807, 2.05) is 0 Å². The van der Waals surface area contributed by atoms with Crippen LogP contribution in [0.1, 0.15) is 92.9 Å². The van der Waals surface area contributed by atoms with Crippen molar-refractivity contribution in [2.24, 2.45) is 34.0 Å². The van der Waals surface area contributed by atoms with Crippen LogP contribution in [0.2, 0.25) is 0 Å². The first-order valence-corrected chi connectivity index (χ1v) is 11.6. The summed E-state index contributed by atoms with van der Waals surface area (Å²) in [4.78, 5) is 0. The minimum absolute atomic E-state index is 0.0605. The van der Waals surface area contributed by atoms with Crippen molar-refractivity contribution < 1.29 is 15.3 Å². The summed E-state index contributed by atoms with van der Waals surface area (Å²) < 4.78 is 0. The smallest absolute Gasteiger partial charge is 0.0740 e. The van der Waals surface area contributed by atoms with Gasteiger partial charge in [0.1, 0.15) is 0 Å². The Labute approximate surface area is 172 Å². The van der Waals surface area contributed by atoms with Crippen LogP contribution < -0.4 is 0 Å². The number of rotatable bonds is 6. The quantitative estimate of drug-likeness (QED) is 0.552. The molecule has 0 aromatic heterocycles. The first-order valence-electron chi connectivity index (χ1n) is 11.6. The molecule has 3 unspecified atom stereocenters. The highest BCUT2D eigenvalue weighted by Gasteiger charge is 2.57. The van der Waals surface area contributed by atoms with Crippen molar-refractivity contribution in [1.82, 2.24) is 0 Å². The zero-order chi connectivity index (χ0) is 21.0. The summed E-state index contributed by atoms with van der Waals surface area (Å²) in [7, 11) is 0. The zero-order valence-corrected chi connectivity index (χ0v) is 19.0. The summed E-state index contributed by atoms with van der Waals surface area (Å²) in [6, 6.07) is 0. The first kappa shape index (κ1) is 22.3. The van der Waals surface area contributed by atoms with Gasteiger partial charge in [0.25, 0.3) is 0 Å². The molecule has 0 spiro atoms. The van der Waals surface area contributed by atoms with E-state index >= 15 is 0 Å². The number of allylic oxidation sites excluding steroid dienone is 1. The van der Waals surface area contributed by atoms with E-state index < -0.39 is 5.60 Å². The summed E-state index contributed by atoms with van der Waals surface area (Å²) in [6.07, 6.45) is 11.8. The number of fused-ring (bicyclic) bond motifs is 2. The lowest BCUT2D eigenvalue weighted by Crippen LogP contribution is -2.59. The maximum atomic E-state index is 10.9. The highest BCUT2D eigenvalue weighted by atomic mass is 16.3. The van der Waals surface area contributed by atoms with Crippen LogP contribution in [0.15, 0.2) is 12.2 Å². The van der Waals surface area contributed by atoms with Crippen LogP contribution in [-0.4, -0.2) is 33.1 Å². The summed E-state index contributed by atoms with van der Waals surface area (Å²) in [5.41, 5.74) is -0.383. The number of aliphatic hydroxyl groups excluding tert-OH is 2. The van der Waals surface area contributed by atoms with Gasteiger partial charge in [-0.25, -0.2) is 0 Å². The van der Waals surface area contributed by atoms with Crippen LogP contribution in [0.5, 0.6) is 0 Å². The van der Waals surface area contributed by atoms with Crippen molar-refractivity contribution in [3.63, 3.8) is 0 Å². The fourth-order valence-corrected chi connectivity index (χ4v) is 6.43. The molecular weight excluding hydrogens is 348 g/mol. The minimum atomic E-state index is -0.684. The first-order chi connectivity index (χ1) is 12.8. The molecule has 0 aromatic rings. The van der Waals surface area contributed by atoms with Gasteiger partial charge in [-0.1, -0.05) is 53.7 Å². The average molecular weight is 393 g/mol. The fraction of sp³-hybridized carbons (Fsp3) is 0.920. The molecule has 7 atom stereocenters. The van der Waals surface area contributed by atoms with Crippen LogP contribution >= 0.6 is 0 Å². The molecule has 0 aromatic carbocycles. The lowest BCUT2D eigenvalue weighted by atomic mass is 9.52. The highest BCUT2D eigenvalue weighted by molar-refractivity contribution is 5.20. The molecule has 2 bridgehead atoms. The Bertz CT molecular complexity index is 587. The molecule has 0 aliphatic heterocycles. The third kappa shape index (κ3) is 3.84. The van der Waals surface area contributed by atoms with E-state index in [0.717, 1.165) is 32.1 Å². The SMILES string of the molecule is CC1CC[C@](/C=C/C2C3C[C@@H](O)C[C@]2(O)C3)(CCC[C@H](O)C(C)(C)C)C1(C)C. The number of hydrogen-bond donors (Lipinski definition) is 3. The predicted molar refractivity (Wildman–Crippen MR) is 115 cm³/mol. The van der Waals surface area contributed by atoms with Crippen molar-refractivity contribution in [3.05, 3.63) is 12.2 Å². The molecule has 3 saturated carbocycles. The Morgan fingerprint density at radius 1 is 1.18 bits per heavy atom. The van der Waals surface area contributed by atoms with Crippen molar-refractivity contribution in [2.75, 3.05) is 0 Å². The van der Waals surface area contributed by atoms with Crippen molar-refractivity contribution >= 4 is 0 Å². The molecule has 3 fully saturated rings. The molecule has 3 N–H and O–H groups in total. The van der Waals surface area contributed by atoms with Gasteiger partial charge in [0, 0.05) is 12.3 Å². The molecule has 0 heterocycles. The largest absolute Gasteiger partial charge is 0.393 e. The lowest BCUT2D eigenvalue weighted by Gasteiger charge is -2.57. The van der Waals surface area contributed by atoms with Gasteiger partial charge in [0.05, 0.1) is 17.8 Å². The van der Waals surface area contributed by atoms with Crippen LogP contribution in [0.4, 0.5) is 0 Å². The van der Waals surface area contributed by atoms with E-state index in [1.54, 1.807) is 0 Å². The average Bonchev–Trinajstić information content (AvgIpc) is 2.77. The Morgan fingerprint density at radius 2 is 1.86 bits per heavy atom. The summed E-state index contributed by atoms with van der Waals surface area (Å²) in [6.45, 7) is 13.5. The molecule has 3 nitrogen and oxygen atoms in total. The second-order valence-electron chi connectivity index (χ2n) is 12.1. The maximum Gasteiger partial charge on any atom is 0.0740 e. The van der Waals surface area contributed by atoms with E-state index in [2.05, 4.69) is 53.7 Å². The van der Waals surface area contributed by atoms with Gasteiger partial charge < -0.3 is 15.3 Å². The minimum Gasteiger partial charge on any atom is -0.393 e. The summed E-state index contributed by atoms with van der Waals surface area (Å²) >= 11 is 0. The zero-order valence-electron chi connectivity index (χ0n) is 19.0. The Balaban J connectivity index is 1.73. The van der Waals surface area contributed by atoms with E-state index in [1.165, 1.54) is 12.8 Å². The molecule has 3 heteroatoms. The van der Waals surface area contributed by atoms with E-state index in [-0.39, 0.29) is 34.4 Å². The summed E-state index contributed by atoms with van der Waals surface area (Å²) in [5, 5.41) is 31.4. The van der Waals surface area contributed by atoms with Gasteiger partial charge in [0.15, 0.2) is 0 Å². The van der Waals surface area contributed by atoms with Crippen molar-refractivity contribution in [3.8, 4) is 0 Å². The van der Waals surface area contributed by atoms with E-state index in [9.17, 15) is 15.3 Å². The third-order valence-electron chi connectivity index (χ3n) is 9.17. The third-order valence-corrected chi connectivity index (χ3v) is 9.17. The molecule has 3 aliphatic carbocycles. The van der Waals surface area contributed by atoms with Crippen molar-refractivity contribution in [2.45, 2.75) is 111 Å². The lowest BCUT2D eigenvalue weighted by molar-refractivity contribution is -0.183. The highest BCUT2D eigenvalue weighted by Crippen LogP contribution is 2.61. The van der Waals surface area contributed by atoms with Gasteiger partial charge in [-0.05, 0) is 73.0 Å². The number of aliphatic hydroxyl groups is 3. The Kier molecular flexibility index (Phi) is 5.89. The standard InChI is InChI=1S/C25H44O3/c1-17-9-12-24(23(17,5)6,11-7-8-21(27)22(2,3)4)13-10-20-18-14-19(26)16-25(20,28)15-18/h10,13,17-21,26-28H,7-9,11-12,14-16H2,1-6H3/b13-10+/t17?,18?,19-,20?,21+,24+,25-/m1/s1. The maximum absolute atomic E-state index is 10.9. The van der Waals surface area contributed by atoms with Gasteiger partial charge in [-0.2, -0.15) is 0 Å². The molecule has 0 radical (unpaired) electrons. The van der Waals surface area contributed by atoms with Gasteiger partial charge >= 0.3 is 0 Å². The van der Waals surface area contributed by atoms with Gasteiger partial charge in [-0.15, -0.1) is 0 Å². The van der Waals surface area contributed by atoms with Crippen LogP contribution in [0.3, 0.4) is 0 Å². The molecule has 0 amide bonds. The van der Waals surface area contributed by atoms with Crippen LogP contribution in [0, 0.1) is 34.0 Å². The predicted octanol–water partition coefficient (Wildman–Crippen LogP) is 5.08. The van der Waals surface area contributed by atoms with E-state index in [4.69, 9.17) is 0 Å². The van der Waals surface area contributed by atoms with Gasteiger partial charge in [-0.3, -0.25) is 0 Å². The normalized spacial score (nSPS) is 43.9. The summed E-state index contributed by atoms with van der Waals surface area (Å²) in [5.74, 6) is 1.32. The topological polar surface area (TPSA) is 60.7 Å². The molecule has 0 saturated heterocycles. The van der Waals surface area contributed by atoms with Crippen LogP contribution in [0.25, 0.3) is 0 Å². The molecule has 162 valence electrons. The van der Waals surface area contributed by atoms with Gasteiger partial charge in [0.2, 0.25) is 0 Å². The molecule has 3 aliphatic rings. The Morgan fingerprint density at radius 3 is 2.39 bits per heavy atom. The second kappa shape index (κ2) is 7.39. The monoisotopic (exact) mass is 392 g/mol. The van der Waals surface area contributed by atoms with Crippen LogP contribution in [-0.2, 0) is 0 Å². The molecule has 3 rings (SSSR count). The fourth-order valence-electron chi connectivity index (χ4n) is 6.43. The number of hydrogen-bond acceptors (Lipinski definition) is 3. The second-order valence-corrected chi connectivity index (χ2v) is 12.1. The Hall–Kier alpha value is -0.380. The van der Waals surface area contributed by atoms with Crippen molar-refractivity contribution in [1.29, 1.82) is 0 Å². The molecular formula is C25H44O3. The van der Waals surface area contributed by atoms with E-state index in [0.29, 0.717) is 18.3 Å².